The Balaban J connectivity index is 3.13. The third-order valence-electron chi connectivity index (χ3n) is 4.58. The smallest absolute Gasteiger partial charge is 0.127 e. The number of likely N-dealkylation sites (N-methyl/N-ethyl adjacent to an activating group) is 2. The molecule has 1 aromatic rings. The zero-order chi connectivity index (χ0) is 15.3. The first-order valence-corrected chi connectivity index (χ1v) is 7.58. The summed E-state index contributed by atoms with van der Waals surface area (Å²) in [4.78, 5) is 2.24. The summed E-state index contributed by atoms with van der Waals surface area (Å²) in [6.07, 6.45) is 2.57. The van der Waals surface area contributed by atoms with E-state index in [9.17, 15) is 4.39 Å². The third-order valence-corrected chi connectivity index (χ3v) is 4.94. The normalized spacial score (nSPS) is 13.8. The van der Waals surface area contributed by atoms with Gasteiger partial charge in [-0.25, -0.2) is 4.39 Å². The maximum atomic E-state index is 14.0. The molecule has 0 heterocycles. The van der Waals surface area contributed by atoms with E-state index in [4.69, 9.17) is 11.6 Å². The first kappa shape index (κ1) is 17.4. The molecular weight excluding hydrogens is 275 g/mol. The van der Waals surface area contributed by atoms with Gasteiger partial charge in [0, 0.05) is 22.2 Å². The van der Waals surface area contributed by atoms with Crippen molar-refractivity contribution in [2.45, 2.75) is 44.7 Å². The molecule has 1 unspecified atom stereocenters. The number of nitrogens with zero attached hydrogens (tertiary/aromatic N) is 1. The maximum Gasteiger partial charge on any atom is 0.127 e. The van der Waals surface area contributed by atoms with Crippen molar-refractivity contribution in [2.24, 2.45) is 0 Å². The van der Waals surface area contributed by atoms with Crippen molar-refractivity contribution in [3.63, 3.8) is 0 Å². The molecule has 0 spiro atoms. The Morgan fingerprint density at radius 2 is 1.90 bits per heavy atom. The van der Waals surface area contributed by atoms with Crippen LogP contribution in [0.4, 0.5) is 4.39 Å². The average Bonchev–Trinajstić information content (AvgIpc) is 2.42. The minimum absolute atomic E-state index is 0.0135. The van der Waals surface area contributed by atoms with E-state index in [1.54, 1.807) is 12.1 Å². The number of rotatable bonds is 7. The van der Waals surface area contributed by atoms with Gasteiger partial charge in [-0.1, -0.05) is 31.5 Å². The molecule has 114 valence electrons. The molecule has 0 saturated heterocycles. The van der Waals surface area contributed by atoms with Crippen LogP contribution < -0.4 is 5.32 Å². The van der Waals surface area contributed by atoms with Crippen LogP contribution in [0, 0.1) is 5.82 Å². The van der Waals surface area contributed by atoms with Crippen molar-refractivity contribution in [3.8, 4) is 0 Å². The van der Waals surface area contributed by atoms with E-state index in [1.807, 2.05) is 7.05 Å². The molecule has 2 nitrogen and oxygen atoms in total. The summed E-state index contributed by atoms with van der Waals surface area (Å²) < 4.78 is 14.0. The van der Waals surface area contributed by atoms with Crippen LogP contribution in [0.2, 0.25) is 5.02 Å². The second-order valence-corrected chi connectivity index (χ2v) is 5.86. The highest BCUT2D eigenvalue weighted by atomic mass is 35.5. The van der Waals surface area contributed by atoms with Crippen molar-refractivity contribution in [1.82, 2.24) is 10.2 Å². The molecule has 1 aromatic carbocycles. The van der Waals surface area contributed by atoms with Crippen LogP contribution in [0.1, 0.15) is 32.3 Å². The molecule has 0 aliphatic heterocycles. The van der Waals surface area contributed by atoms with Gasteiger partial charge in [0.05, 0.1) is 0 Å². The Labute approximate surface area is 127 Å². The quantitative estimate of drug-likeness (QED) is 0.825. The van der Waals surface area contributed by atoms with Crippen molar-refractivity contribution in [2.75, 3.05) is 21.1 Å². The fraction of sp³-hybridized carbons (Fsp3) is 0.625. The molecule has 4 heteroatoms. The predicted molar refractivity (Wildman–Crippen MR) is 85.0 cm³/mol. The van der Waals surface area contributed by atoms with Gasteiger partial charge < -0.3 is 10.2 Å². The molecule has 0 aromatic heterocycles. The highest BCUT2D eigenvalue weighted by Crippen LogP contribution is 2.30. The van der Waals surface area contributed by atoms with Gasteiger partial charge in [0.15, 0.2) is 0 Å². The Bertz CT molecular complexity index is 410. The number of hydrogen-bond acceptors (Lipinski definition) is 2. The van der Waals surface area contributed by atoms with Crippen molar-refractivity contribution in [1.29, 1.82) is 0 Å². The minimum atomic E-state index is -0.224. The standard InChI is InChI=1S/C16H26ClFN2/c1-6-16(7-2,20(4)5)15(19-3)11-12-13(17)9-8-10-14(12)18/h8-10,15,19H,6-7,11H2,1-5H3. The Morgan fingerprint density at radius 1 is 1.30 bits per heavy atom. The van der Waals surface area contributed by atoms with Gasteiger partial charge in [-0.3, -0.25) is 0 Å². The molecule has 0 radical (unpaired) electrons. The average molecular weight is 301 g/mol. The molecule has 0 aliphatic carbocycles. The Kier molecular flexibility index (Phi) is 6.44. The molecule has 1 N–H and O–H groups in total. The molecule has 20 heavy (non-hydrogen) atoms. The molecule has 0 fully saturated rings. The summed E-state index contributed by atoms with van der Waals surface area (Å²) in [5.74, 6) is -0.224. The Morgan fingerprint density at radius 3 is 2.30 bits per heavy atom. The van der Waals surface area contributed by atoms with E-state index in [1.165, 1.54) is 6.07 Å². The monoisotopic (exact) mass is 300 g/mol. The molecule has 1 atom stereocenters. The van der Waals surface area contributed by atoms with Crippen molar-refractivity contribution < 1.29 is 4.39 Å². The maximum absolute atomic E-state index is 14.0. The van der Waals surface area contributed by atoms with Gasteiger partial charge in [0.25, 0.3) is 0 Å². The summed E-state index contributed by atoms with van der Waals surface area (Å²) in [5, 5.41) is 3.87. The first-order valence-electron chi connectivity index (χ1n) is 7.20. The topological polar surface area (TPSA) is 15.3 Å². The van der Waals surface area contributed by atoms with E-state index in [0.29, 0.717) is 17.0 Å². The largest absolute Gasteiger partial charge is 0.315 e. The highest BCUT2D eigenvalue weighted by molar-refractivity contribution is 6.31. The van der Waals surface area contributed by atoms with Crippen LogP contribution in [0.3, 0.4) is 0 Å². The molecule has 0 saturated carbocycles. The van der Waals surface area contributed by atoms with Gasteiger partial charge >= 0.3 is 0 Å². The van der Waals surface area contributed by atoms with Crippen LogP contribution in [0.15, 0.2) is 18.2 Å². The lowest BCUT2D eigenvalue weighted by atomic mass is 9.80. The fourth-order valence-electron chi connectivity index (χ4n) is 3.18. The van der Waals surface area contributed by atoms with Crippen LogP contribution in [-0.2, 0) is 6.42 Å². The zero-order valence-electron chi connectivity index (χ0n) is 13.1. The summed E-state index contributed by atoms with van der Waals surface area (Å²) >= 11 is 6.17. The SMILES string of the molecule is CCC(CC)(C(Cc1c(F)cccc1Cl)NC)N(C)C. The number of benzene rings is 1. The number of hydrogen-bond donors (Lipinski definition) is 1. The predicted octanol–water partition coefficient (Wildman–Crippen LogP) is 3.73. The van der Waals surface area contributed by atoms with Gasteiger partial charge in [-0.15, -0.1) is 0 Å². The highest BCUT2D eigenvalue weighted by Gasteiger charge is 2.37. The van der Waals surface area contributed by atoms with Gasteiger partial charge in [0.2, 0.25) is 0 Å². The van der Waals surface area contributed by atoms with Crippen LogP contribution in [-0.4, -0.2) is 37.6 Å². The number of halogens is 2. The van der Waals surface area contributed by atoms with Gasteiger partial charge in [0.1, 0.15) is 5.82 Å². The Hall–Kier alpha value is -0.640. The molecule has 1 rings (SSSR count). The van der Waals surface area contributed by atoms with E-state index >= 15 is 0 Å². The minimum Gasteiger partial charge on any atom is -0.315 e. The third kappa shape index (κ3) is 3.33. The van der Waals surface area contributed by atoms with Crippen LogP contribution >= 0.6 is 11.6 Å². The summed E-state index contributed by atoms with van der Waals surface area (Å²) in [6, 6.07) is 5.02. The van der Waals surface area contributed by atoms with E-state index in [-0.39, 0.29) is 17.4 Å². The lowest BCUT2D eigenvalue weighted by molar-refractivity contribution is 0.0914. The van der Waals surface area contributed by atoms with Crippen molar-refractivity contribution >= 4 is 11.6 Å². The van der Waals surface area contributed by atoms with E-state index < -0.39 is 0 Å². The molecule has 0 amide bonds. The van der Waals surface area contributed by atoms with E-state index in [2.05, 4.69) is 38.2 Å². The van der Waals surface area contributed by atoms with Crippen LogP contribution in [0.25, 0.3) is 0 Å². The van der Waals surface area contributed by atoms with E-state index in [0.717, 1.165) is 12.8 Å². The molecule has 0 aliphatic rings. The first-order chi connectivity index (χ1) is 9.42. The zero-order valence-corrected chi connectivity index (χ0v) is 13.9. The molecular formula is C16H26ClFN2. The summed E-state index contributed by atoms with van der Waals surface area (Å²) in [6.45, 7) is 4.35. The fourth-order valence-corrected chi connectivity index (χ4v) is 3.42. The second-order valence-electron chi connectivity index (χ2n) is 5.45. The van der Waals surface area contributed by atoms with Crippen molar-refractivity contribution in [3.05, 3.63) is 34.6 Å². The van der Waals surface area contributed by atoms with Gasteiger partial charge in [-0.2, -0.15) is 0 Å². The lowest BCUT2D eigenvalue weighted by Gasteiger charge is -2.45. The second kappa shape index (κ2) is 7.39. The summed E-state index contributed by atoms with van der Waals surface area (Å²) in [5.41, 5.74) is 0.585. The lowest BCUT2D eigenvalue weighted by Crippen LogP contribution is -2.58. The molecule has 0 bridgehead atoms. The number of nitrogens with one attached hydrogen (secondary N) is 1. The van der Waals surface area contributed by atoms with Crippen LogP contribution in [0.5, 0.6) is 0 Å². The summed E-state index contributed by atoms with van der Waals surface area (Å²) in [7, 11) is 6.10. The van der Waals surface area contributed by atoms with Gasteiger partial charge in [-0.05, 0) is 52.5 Å².